The van der Waals surface area contributed by atoms with E-state index in [1.165, 1.54) is 0 Å². The van der Waals surface area contributed by atoms with Crippen molar-refractivity contribution in [3.63, 3.8) is 0 Å². The Morgan fingerprint density at radius 3 is 1.44 bits per heavy atom. The Balaban J connectivity index is 1.53. The van der Waals surface area contributed by atoms with E-state index in [9.17, 15) is 8.42 Å². The third kappa shape index (κ3) is 4.56. The fraction of sp³-hybridized carbons (Fsp3) is 0.0625. The van der Waals surface area contributed by atoms with Crippen LogP contribution in [0.1, 0.15) is 11.1 Å². The maximum atomic E-state index is 13.1. The van der Waals surface area contributed by atoms with Gasteiger partial charge in [0, 0.05) is 17.1 Å². The van der Waals surface area contributed by atoms with E-state index in [0.717, 1.165) is 39.3 Å². The molecule has 0 heterocycles. The summed E-state index contributed by atoms with van der Waals surface area (Å²) in [5.41, 5.74) is 7.38. The molecular formula is C32H27NO2S. The zero-order chi connectivity index (χ0) is 25.1. The molecule has 5 aromatic carbocycles. The monoisotopic (exact) mass is 489 g/mol. The second kappa shape index (κ2) is 9.84. The van der Waals surface area contributed by atoms with Gasteiger partial charge in [-0.1, -0.05) is 66.7 Å². The van der Waals surface area contributed by atoms with Crippen molar-refractivity contribution in [2.75, 3.05) is 4.90 Å². The van der Waals surface area contributed by atoms with E-state index < -0.39 is 9.84 Å². The first-order valence-corrected chi connectivity index (χ1v) is 13.4. The topological polar surface area (TPSA) is 37.4 Å². The van der Waals surface area contributed by atoms with E-state index in [4.69, 9.17) is 0 Å². The van der Waals surface area contributed by atoms with Gasteiger partial charge in [0.05, 0.1) is 9.79 Å². The summed E-state index contributed by atoms with van der Waals surface area (Å²) in [6.07, 6.45) is 0. The van der Waals surface area contributed by atoms with Crippen molar-refractivity contribution in [1.29, 1.82) is 0 Å². The van der Waals surface area contributed by atoms with Crippen molar-refractivity contribution in [3.05, 3.63) is 139 Å². The van der Waals surface area contributed by atoms with Crippen molar-refractivity contribution < 1.29 is 8.42 Å². The summed E-state index contributed by atoms with van der Waals surface area (Å²) in [5, 5.41) is 0. The van der Waals surface area contributed by atoms with Crippen molar-refractivity contribution in [2.24, 2.45) is 0 Å². The number of benzene rings is 5. The van der Waals surface area contributed by atoms with Gasteiger partial charge in [-0.25, -0.2) is 8.42 Å². The first-order valence-electron chi connectivity index (χ1n) is 11.9. The minimum absolute atomic E-state index is 0.305. The van der Waals surface area contributed by atoms with E-state index >= 15 is 0 Å². The molecule has 0 spiro atoms. The maximum absolute atomic E-state index is 13.1. The summed E-state index contributed by atoms with van der Waals surface area (Å²) in [6.45, 7) is 4.06. The zero-order valence-electron chi connectivity index (χ0n) is 20.3. The highest BCUT2D eigenvalue weighted by Crippen LogP contribution is 2.37. The molecule has 178 valence electrons. The highest BCUT2D eigenvalue weighted by molar-refractivity contribution is 7.91. The molecule has 0 aliphatic rings. The lowest BCUT2D eigenvalue weighted by atomic mass is 9.96. The molecule has 0 amide bonds. The van der Waals surface area contributed by atoms with Crippen LogP contribution < -0.4 is 4.90 Å². The second-order valence-electron chi connectivity index (χ2n) is 8.80. The maximum Gasteiger partial charge on any atom is 0.206 e. The Labute approximate surface area is 213 Å². The molecule has 0 aliphatic carbocycles. The standard InChI is InChI=1S/C32H27NO2S/c1-24-22-28(33(26-12-6-3-7-13-26)27-14-8-4-9-15-27)18-20-31(24)32-21-19-30(23-25(32)2)36(34,35)29-16-10-5-11-17-29/h3-23H,1-2H3. The Morgan fingerprint density at radius 2 is 0.944 bits per heavy atom. The van der Waals surface area contributed by atoms with E-state index in [1.807, 2.05) is 55.5 Å². The van der Waals surface area contributed by atoms with E-state index in [0.29, 0.717) is 9.79 Å². The van der Waals surface area contributed by atoms with Crippen LogP contribution in [0.25, 0.3) is 11.1 Å². The van der Waals surface area contributed by atoms with E-state index in [1.54, 1.807) is 36.4 Å². The number of rotatable bonds is 6. The third-order valence-corrected chi connectivity index (χ3v) is 8.12. The minimum atomic E-state index is -3.56. The summed E-state index contributed by atoms with van der Waals surface area (Å²) in [5.74, 6) is 0. The van der Waals surface area contributed by atoms with Crippen molar-refractivity contribution in [2.45, 2.75) is 23.6 Å². The van der Waals surface area contributed by atoms with Crippen LogP contribution in [-0.2, 0) is 9.84 Å². The van der Waals surface area contributed by atoms with Gasteiger partial charge in [0.25, 0.3) is 0 Å². The molecule has 0 bridgehead atoms. The summed E-state index contributed by atoms with van der Waals surface area (Å²) in [4.78, 5) is 2.85. The van der Waals surface area contributed by atoms with Gasteiger partial charge in [-0.15, -0.1) is 0 Å². The van der Waals surface area contributed by atoms with Crippen LogP contribution in [0.3, 0.4) is 0 Å². The van der Waals surface area contributed by atoms with Crippen LogP contribution in [0.4, 0.5) is 17.1 Å². The molecule has 3 nitrogen and oxygen atoms in total. The molecular weight excluding hydrogens is 462 g/mol. The molecule has 0 unspecified atom stereocenters. The number of sulfone groups is 1. The van der Waals surface area contributed by atoms with Crippen LogP contribution in [0.2, 0.25) is 0 Å². The van der Waals surface area contributed by atoms with Gasteiger partial charge in [-0.2, -0.15) is 0 Å². The molecule has 36 heavy (non-hydrogen) atoms. The molecule has 4 heteroatoms. The number of hydrogen-bond acceptors (Lipinski definition) is 3. The summed E-state index contributed by atoms with van der Waals surface area (Å²) in [7, 11) is -3.56. The van der Waals surface area contributed by atoms with Crippen molar-refractivity contribution in [1.82, 2.24) is 0 Å². The Hall–Kier alpha value is -4.15. The lowest BCUT2D eigenvalue weighted by molar-refractivity contribution is 0.596. The van der Waals surface area contributed by atoms with Crippen LogP contribution in [0, 0.1) is 13.8 Å². The molecule has 0 radical (unpaired) electrons. The predicted molar refractivity (Wildman–Crippen MR) is 148 cm³/mol. The SMILES string of the molecule is Cc1cc(N(c2ccccc2)c2ccccc2)ccc1-c1ccc(S(=O)(=O)c2ccccc2)cc1C. The van der Waals surface area contributed by atoms with Crippen LogP contribution in [-0.4, -0.2) is 8.42 Å². The second-order valence-corrected chi connectivity index (χ2v) is 10.7. The average molecular weight is 490 g/mol. The van der Waals surface area contributed by atoms with Gasteiger partial charge in [0.1, 0.15) is 0 Å². The highest BCUT2D eigenvalue weighted by atomic mass is 32.2. The Kier molecular flexibility index (Phi) is 6.45. The van der Waals surface area contributed by atoms with Crippen molar-refractivity contribution in [3.8, 4) is 11.1 Å². The van der Waals surface area contributed by atoms with Gasteiger partial charge < -0.3 is 4.90 Å². The fourth-order valence-corrected chi connectivity index (χ4v) is 5.90. The van der Waals surface area contributed by atoms with Crippen molar-refractivity contribution >= 4 is 26.9 Å². The number of aryl methyl sites for hydroxylation is 2. The Bertz CT molecular complexity index is 1560. The molecule has 5 rings (SSSR count). The number of para-hydroxylation sites is 2. The first-order chi connectivity index (χ1) is 17.4. The Morgan fingerprint density at radius 1 is 0.472 bits per heavy atom. The quantitative estimate of drug-likeness (QED) is 0.241. The normalized spacial score (nSPS) is 11.3. The van der Waals surface area contributed by atoms with Gasteiger partial charge in [0.15, 0.2) is 0 Å². The first kappa shape index (κ1) is 23.6. The molecule has 0 fully saturated rings. The van der Waals surface area contributed by atoms with Gasteiger partial charge in [-0.05, 0) is 96.8 Å². The number of hydrogen-bond donors (Lipinski definition) is 0. The molecule has 0 N–H and O–H groups in total. The zero-order valence-corrected chi connectivity index (χ0v) is 21.1. The molecule has 0 aliphatic heterocycles. The van der Waals surface area contributed by atoms with E-state index in [2.05, 4.69) is 54.3 Å². The number of anilines is 3. The lowest BCUT2D eigenvalue weighted by Gasteiger charge is -2.26. The number of nitrogens with zero attached hydrogens (tertiary/aromatic N) is 1. The molecule has 0 atom stereocenters. The molecule has 5 aromatic rings. The highest BCUT2D eigenvalue weighted by Gasteiger charge is 2.19. The average Bonchev–Trinajstić information content (AvgIpc) is 2.91. The predicted octanol–water partition coefficient (Wildman–Crippen LogP) is 8.27. The van der Waals surface area contributed by atoms with E-state index in [-0.39, 0.29) is 0 Å². The lowest BCUT2D eigenvalue weighted by Crippen LogP contribution is -2.10. The van der Waals surface area contributed by atoms with Crippen LogP contribution in [0.5, 0.6) is 0 Å². The molecule has 0 saturated carbocycles. The summed E-state index contributed by atoms with van der Waals surface area (Å²) >= 11 is 0. The third-order valence-electron chi connectivity index (χ3n) is 6.35. The van der Waals surface area contributed by atoms with Crippen LogP contribution in [0.15, 0.2) is 137 Å². The van der Waals surface area contributed by atoms with Gasteiger partial charge in [0.2, 0.25) is 9.84 Å². The van der Waals surface area contributed by atoms with Gasteiger partial charge >= 0.3 is 0 Å². The van der Waals surface area contributed by atoms with Crippen LogP contribution >= 0.6 is 0 Å². The summed E-state index contributed by atoms with van der Waals surface area (Å²) in [6, 6.07) is 41.0. The largest absolute Gasteiger partial charge is 0.310 e. The smallest absolute Gasteiger partial charge is 0.206 e. The van der Waals surface area contributed by atoms with Gasteiger partial charge in [-0.3, -0.25) is 0 Å². The summed E-state index contributed by atoms with van der Waals surface area (Å²) < 4.78 is 26.2. The fourth-order valence-electron chi connectivity index (χ4n) is 4.53. The molecule has 0 aromatic heterocycles. The molecule has 0 saturated heterocycles. The minimum Gasteiger partial charge on any atom is -0.310 e.